The Morgan fingerprint density at radius 1 is 1.32 bits per heavy atom. The summed E-state index contributed by atoms with van der Waals surface area (Å²) in [5.74, 6) is -3.18. The number of fused-ring (bicyclic) bond motifs is 1. The molecule has 1 aromatic heterocycles. The van der Waals surface area contributed by atoms with Crippen molar-refractivity contribution in [1.82, 2.24) is 9.88 Å². The number of hydrogen-bond acceptors (Lipinski definition) is 4. The number of nitrogens with one attached hydrogen (secondary N) is 1. The van der Waals surface area contributed by atoms with E-state index in [0.717, 1.165) is 11.0 Å². The first-order valence-corrected chi connectivity index (χ1v) is 7.50. The average Bonchev–Trinajstić information content (AvgIpc) is 2.57. The van der Waals surface area contributed by atoms with Crippen LogP contribution in [0.1, 0.15) is 17.3 Å². The maximum absolute atomic E-state index is 14.5. The number of aromatic carboxylic acids is 1. The Hall–Kier alpha value is -3.23. The zero-order valence-corrected chi connectivity index (χ0v) is 13.2. The fraction of sp³-hybridized carbons (Fsp3) is 0.250. The number of pyridine rings is 1. The Morgan fingerprint density at radius 3 is 2.68 bits per heavy atom. The van der Waals surface area contributed by atoms with Crippen LogP contribution in [0.5, 0.6) is 0 Å². The maximum Gasteiger partial charge on any atom is 0.341 e. The molecule has 1 aliphatic heterocycles. The molecule has 1 aliphatic rings. The molecule has 1 fully saturated rings. The van der Waals surface area contributed by atoms with Gasteiger partial charge >= 0.3 is 5.97 Å². The highest BCUT2D eigenvalue weighted by molar-refractivity contribution is 6.05. The van der Waals surface area contributed by atoms with E-state index >= 15 is 0 Å². The number of rotatable bonds is 3. The monoisotopic (exact) mass is 347 g/mol. The van der Waals surface area contributed by atoms with E-state index in [-0.39, 0.29) is 29.7 Å². The topological polar surface area (TPSA) is 109 Å². The smallest absolute Gasteiger partial charge is 0.341 e. The first-order chi connectivity index (χ1) is 11.8. The normalized spacial score (nSPS) is 14.7. The minimum Gasteiger partial charge on any atom is -0.477 e. The largest absolute Gasteiger partial charge is 0.477 e. The van der Waals surface area contributed by atoms with E-state index in [2.05, 4.69) is 5.32 Å². The maximum atomic E-state index is 14.5. The highest BCUT2D eigenvalue weighted by Crippen LogP contribution is 2.26. The van der Waals surface area contributed by atoms with Gasteiger partial charge in [-0.1, -0.05) is 0 Å². The van der Waals surface area contributed by atoms with E-state index in [0.29, 0.717) is 6.54 Å². The van der Waals surface area contributed by atoms with Crippen LogP contribution in [0.3, 0.4) is 0 Å². The second-order valence-corrected chi connectivity index (χ2v) is 5.54. The van der Waals surface area contributed by atoms with Crippen LogP contribution >= 0.6 is 0 Å². The molecule has 3 rings (SSSR count). The Bertz CT molecular complexity index is 982. The molecule has 2 heterocycles. The van der Waals surface area contributed by atoms with E-state index in [1.54, 1.807) is 6.92 Å². The van der Waals surface area contributed by atoms with Crippen molar-refractivity contribution >= 4 is 34.4 Å². The number of carbonyl (C=O) groups is 3. The van der Waals surface area contributed by atoms with Crippen molar-refractivity contribution in [3.8, 4) is 0 Å². The van der Waals surface area contributed by atoms with Crippen LogP contribution in [0.15, 0.2) is 23.1 Å². The van der Waals surface area contributed by atoms with Crippen LogP contribution in [0.4, 0.5) is 10.1 Å². The van der Waals surface area contributed by atoms with E-state index in [1.807, 2.05) is 0 Å². The van der Waals surface area contributed by atoms with Gasteiger partial charge in [-0.05, 0) is 19.1 Å². The lowest BCUT2D eigenvalue weighted by atomic mass is 10.1. The molecule has 2 N–H and O–H groups in total. The number of hydrogen-bond donors (Lipinski definition) is 2. The summed E-state index contributed by atoms with van der Waals surface area (Å²) in [6, 6.07) is 2.20. The second kappa shape index (κ2) is 6.00. The number of carboxylic acid groups (broad SMARTS) is 1. The van der Waals surface area contributed by atoms with Gasteiger partial charge in [-0.3, -0.25) is 19.3 Å². The van der Waals surface area contributed by atoms with Gasteiger partial charge in [0.15, 0.2) is 0 Å². The predicted octanol–water partition coefficient (Wildman–Crippen LogP) is 0.321. The molecule has 0 radical (unpaired) electrons. The molecule has 0 bridgehead atoms. The Labute approximate surface area is 140 Å². The van der Waals surface area contributed by atoms with Gasteiger partial charge in [0.05, 0.1) is 17.7 Å². The van der Waals surface area contributed by atoms with Crippen LogP contribution in [-0.4, -0.2) is 40.5 Å². The minimum absolute atomic E-state index is 0.100. The first-order valence-electron chi connectivity index (χ1n) is 7.50. The summed E-state index contributed by atoms with van der Waals surface area (Å²) in [5.41, 5.74) is -1.11. The quantitative estimate of drug-likeness (QED) is 0.831. The minimum atomic E-state index is -1.40. The van der Waals surface area contributed by atoms with E-state index in [4.69, 9.17) is 5.11 Å². The summed E-state index contributed by atoms with van der Waals surface area (Å²) in [7, 11) is 0. The van der Waals surface area contributed by atoms with Gasteiger partial charge in [0, 0.05) is 18.1 Å². The number of halogens is 1. The lowest BCUT2D eigenvalue weighted by Crippen LogP contribution is -2.52. The summed E-state index contributed by atoms with van der Waals surface area (Å²) in [4.78, 5) is 48.0. The Morgan fingerprint density at radius 2 is 2.04 bits per heavy atom. The van der Waals surface area contributed by atoms with Gasteiger partial charge in [0.25, 0.3) is 0 Å². The molecular weight excluding hydrogens is 333 g/mol. The van der Waals surface area contributed by atoms with Gasteiger partial charge in [0.1, 0.15) is 17.9 Å². The molecule has 8 nitrogen and oxygen atoms in total. The van der Waals surface area contributed by atoms with E-state index < -0.39 is 34.6 Å². The summed E-state index contributed by atoms with van der Waals surface area (Å²) in [6.07, 6.45) is 1.18. The van der Waals surface area contributed by atoms with E-state index in [1.165, 1.54) is 16.8 Å². The highest BCUT2D eigenvalue weighted by atomic mass is 19.1. The number of benzene rings is 1. The molecule has 0 spiro atoms. The zero-order valence-electron chi connectivity index (χ0n) is 13.2. The SMILES string of the molecule is CCn1cc(C(=O)O)c(=O)c2cc(F)c(N3CC(=O)NCC3=O)cc21. The van der Waals surface area contributed by atoms with Crippen molar-refractivity contribution in [2.24, 2.45) is 0 Å². The number of aromatic nitrogens is 1. The lowest BCUT2D eigenvalue weighted by molar-refractivity contribution is -0.128. The van der Waals surface area contributed by atoms with Gasteiger partial charge in [-0.2, -0.15) is 0 Å². The lowest BCUT2D eigenvalue weighted by Gasteiger charge is -2.27. The molecule has 130 valence electrons. The van der Waals surface area contributed by atoms with Gasteiger partial charge in [0.2, 0.25) is 17.2 Å². The Kier molecular flexibility index (Phi) is 3.99. The number of nitrogens with zero attached hydrogens (tertiary/aromatic N) is 2. The van der Waals surface area contributed by atoms with Crippen molar-refractivity contribution in [2.75, 3.05) is 18.0 Å². The Balaban J connectivity index is 2.27. The molecule has 2 amide bonds. The zero-order chi connectivity index (χ0) is 18.3. The third-order valence-electron chi connectivity index (χ3n) is 4.05. The third-order valence-corrected chi connectivity index (χ3v) is 4.05. The van der Waals surface area contributed by atoms with Crippen LogP contribution in [0.25, 0.3) is 10.9 Å². The molecular formula is C16H14FN3O5. The second-order valence-electron chi connectivity index (χ2n) is 5.54. The van der Waals surface area contributed by atoms with Crippen molar-refractivity contribution in [1.29, 1.82) is 0 Å². The van der Waals surface area contributed by atoms with Crippen LogP contribution in [-0.2, 0) is 16.1 Å². The van der Waals surface area contributed by atoms with Crippen molar-refractivity contribution < 1.29 is 23.9 Å². The van der Waals surface area contributed by atoms with Crippen molar-refractivity contribution in [3.63, 3.8) is 0 Å². The number of aryl methyl sites for hydroxylation is 1. The number of anilines is 1. The fourth-order valence-corrected chi connectivity index (χ4v) is 2.80. The molecule has 2 aromatic rings. The molecule has 9 heteroatoms. The van der Waals surface area contributed by atoms with Gasteiger partial charge in [-0.15, -0.1) is 0 Å². The molecule has 0 aliphatic carbocycles. The molecule has 0 saturated carbocycles. The van der Waals surface area contributed by atoms with Crippen LogP contribution in [0, 0.1) is 5.82 Å². The summed E-state index contributed by atoms with van der Waals surface area (Å²) in [5, 5.41) is 11.4. The number of carboxylic acids is 1. The number of piperazine rings is 1. The molecule has 1 saturated heterocycles. The molecule has 25 heavy (non-hydrogen) atoms. The van der Waals surface area contributed by atoms with Crippen molar-refractivity contribution in [3.05, 3.63) is 39.9 Å². The van der Waals surface area contributed by atoms with Crippen molar-refractivity contribution in [2.45, 2.75) is 13.5 Å². The summed E-state index contributed by atoms with van der Waals surface area (Å²) in [6.45, 7) is 1.49. The molecule has 0 unspecified atom stereocenters. The van der Waals surface area contributed by atoms with Gasteiger partial charge in [-0.25, -0.2) is 9.18 Å². The van der Waals surface area contributed by atoms with E-state index in [9.17, 15) is 23.6 Å². The summed E-state index contributed by atoms with van der Waals surface area (Å²) >= 11 is 0. The molecule has 1 aromatic carbocycles. The van der Waals surface area contributed by atoms with Gasteiger partial charge < -0.3 is 15.0 Å². The number of amides is 2. The van der Waals surface area contributed by atoms with Crippen LogP contribution in [0.2, 0.25) is 0 Å². The summed E-state index contributed by atoms with van der Waals surface area (Å²) < 4.78 is 16.0. The first kappa shape index (κ1) is 16.6. The number of carbonyl (C=O) groups excluding carboxylic acids is 2. The van der Waals surface area contributed by atoms with Crippen LogP contribution < -0.4 is 15.6 Å². The highest BCUT2D eigenvalue weighted by Gasteiger charge is 2.27. The predicted molar refractivity (Wildman–Crippen MR) is 86.2 cm³/mol. The fourth-order valence-electron chi connectivity index (χ4n) is 2.80. The molecule has 0 atom stereocenters. The third kappa shape index (κ3) is 2.73. The average molecular weight is 347 g/mol. The standard InChI is InChI=1S/C16H14FN3O5/c1-2-19-6-9(16(24)25)15(23)8-3-10(17)12(4-11(8)19)20-7-13(21)18-5-14(20)22/h3-4,6H,2,5,7H2,1H3,(H,18,21)(H,24,25).